The Morgan fingerprint density at radius 3 is 2.44 bits per heavy atom. The maximum atomic E-state index is 12.0. The molecule has 1 rings (SSSR count). The van der Waals surface area contributed by atoms with Gasteiger partial charge in [-0.15, -0.1) is 0 Å². The average molecular weight is 255 g/mol. The summed E-state index contributed by atoms with van der Waals surface area (Å²) in [5.41, 5.74) is -0.652. The van der Waals surface area contributed by atoms with E-state index < -0.39 is 35.7 Å². The molecule has 0 heterocycles. The summed E-state index contributed by atoms with van der Waals surface area (Å²) in [5, 5.41) is 19.8. The first-order chi connectivity index (χ1) is 8.35. The van der Waals surface area contributed by atoms with Crippen LogP contribution in [0.5, 0.6) is 0 Å². The Bertz CT molecular complexity index is 390. The van der Waals surface area contributed by atoms with Crippen molar-refractivity contribution >= 4 is 17.8 Å². The number of carbonyl (C=O) groups excluding carboxylic acids is 1. The molecule has 1 aliphatic rings. The van der Waals surface area contributed by atoms with Crippen LogP contribution in [0.4, 0.5) is 0 Å². The molecule has 0 fully saturated rings. The van der Waals surface area contributed by atoms with Gasteiger partial charge in [0.15, 0.2) is 0 Å². The summed E-state index contributed by atoms with van der Waals surface area (Å²) in [7, 11) is 0. The van der Waals surface area contributed by atoms with Crippen molar-refractivity contribution in [3.63, 3.8) is 0 Å². The van der Waals surface area contributed by atoms with E-state index in [0.29, 0.717) is 12.8 Å². The molecule has 3 N–H and O–H groups in total. The predicted octanol–water partition coefficient (Wildman–Crippen LogP) is 0.777. The monoisotopic (exact) mass is 255 g/mol. The van der Waals surface area contributed by atoms with Crippen LogP contribution >= 0.6 is 0 Å². The molecule has 0 aromatic carbocycles. The van der Waals surface area contributed by atoms with E-state index in [-0.39, 0.29) is 0 Å². The van der Waals surface area contributed by atoms with Crippen LogP contribution in [0.3, 0.4) is 0 Å². The van der Waals surface area contributed by atoms with Crippen molar-refractivity contribution in [1.82, 2.24) is 5.32 Å². The number of nitrogens with one attached hydrogen (secondary N) is 1. The second-order valence-corrected chi connectivity index (χ2v) is 4.74. The first-order valence-corrected chi connectivity index (χ1v) is 5.76. The third kappa shape index (κ3) is 3.58. The zero-order valence-corrected chi connectivity index (χ0v) is 10.2. The first kappa shape index (κ1) is 14.2. The van der Waals surface area contributed by atoms with Gasteiger partial charge in [-0.25, -0.2) is 4.79 Å². The first-order valence-electron chi connectivity index (χ1n) is 5.76. The summed E-state index contributed by atoms with van der Waals surface area (Å²) in [6.45, 7) is 1.76. The fourth-order valence-electron chi connectivity index (χ4n) is 1.88. The van der Waals surface area contributed by atoms with Crippen molar-refractivity contribution in [3.05, 3.63) is 12.2 Å². The van der Waals surface area contributed by atoms with Crippen LogP contribution < -0.4 is 5.32 Å². The van der Waals surface area contributed by atoms with Gasteiger partial charge in [-0.3, -0.25) is 9.59 Å². The number of rotatable bonds is 5. The molecule has 2 atom stereocenters. The lowest BCUT2D eigenvalue weighted by molar-refractivity contribution is -0.148. The summed E-state index contributed by atoms with van der Waals surface area (Å²) in [6, 6.07) is -1.38. The molecule has 6 heteroatoms. The molecule has 0 aliphatic heterocycles. The molecule has 100 valence electrons. The zero-order valence-electron chi connectivity index (χ0n) is 10.2. The number of hydrogen-bond donors (Lipinski definition) is 3. The van der Waals surface area contributed by atoms with E-state index in [1.54, 1.807) is 6.92 Å². The van der Waals surface area contributed by atoms with Gasteiger partial charge in [-0.05, 0) is 19.3 Å². The maximum Gasteiger partial charge on any atom is 0.326 e. The largest absolute Gasteiger partial charge is 0.481 e. The fourth-order valence-corrected chi connectivity index (χ4v) is 1.88. The summed E-state index contributed by atoms with van der Waals surface area (Å²) in [4.78, 5) is 33.4. The summed E-state index contributed by atoms with van der Waals surface area (Å²) in [5.74, 6) is -2.99. The van der Waals surface area contributed by atoms with Gasteiger partial charge < -0.3 is 15.5 Å². The molecule has 0 bridgehead atoms. The molecule has 1 amide bonds. The normalized spacial score (nSPS) is 24.3. The average Bonchev–Trinajstić information content (AvgIpc) is 2.28. The third-order valence-electron chi connectivity index (χ3n) is 3.13. The van der Waals surface area contributed by atoms with Crippen LogP contribution in [0.15, 0.2) is 12.2 Å². The minimum atomic E-state index is -1.38. The van der Waals surface area contributed by atoms with Crippen LogP contribution in [-0.2, 0) is 14.4 Å². The van der Waals surface area contributed by atoms with Gasteiger partial charge in [0, 0.05) is 0 Å². The second-order valence-electron chi connectivity index (χ2n) is 4.74. The van der Waals surface area contributed by atoms with Crippen LogP contribution in [-0.4, -0.2) is 34.1 Å². The summed E-state index contributed by atoms with van der Waals surface area (Å²) >= 11 is 0. The number of allylic oxidation sites excluding steroid dienone is 2. The van der Waals surface area contributed by atoms with Gasteiger partial charge in [0.1, 0.15) is 6.04 Å². The Balaban J connectivity index is 2.69. The Labute approximate surface area is 105 Å². The number of hydrogen-bond acceptors (Lipinski definition) is 3. The number of carbonyl (C=O) groups is 3. The van der Waals surface area contributed by atoms with Crippen molar-refractivity contribution in [3.8, 4) is 0 Å². The second kappa shape index (κ2) is 5.66. The van der Waals surface area contributed by atoms with E-state index in [1.807, 2.05) is 12.2 Å². The zero-order chi connectivity index (χ0) is 13.8. The number of carboxylic acid groups (broad SMARTS) is 2. The minimum Gasteiger partial charge on any atom is -0.481 e. The molecule has 0 saturated heterocycles. The van der Waals surface area contributed by atoms with E-state index in [2.05, 4.69) is 5.32 Å². The highest BCUT2D eigenvalue weighted by atomic mass is 16.4. The van der Waals surface area contributed by atoms with Gasteiger partial charge in [0.05, 0.1) is 11.8 Å². The quantitative estimate of drug-likeness (QED) is 0.630. The van der Waals surface area contributed by atoms with E-state index in [1.165, 1.54) is 0 Å². The molecule has 1 aliphatic carbocycles. The standard InChI is InChI=1S/C12H17NO5/c1-12(5-3-2-4-6-12)11(18)13-8(10(16)17)7-9(14)15/h2-3,8H,4-7H2,1H3,(H,13,18)(H,14,15)(H,16,17)/t8-,12?/m0/s1. The van der Waals surface area contributed by atoms with Gasteiger partial charge in [0.2, 0.25) is 5.91 Å². The molecule has 0 aromatic rings. The lowest BCUT2D eigenvalue weighted by Crippen LogP contribution is -2.48. The highest BCUT2D eigenvalue weighted by molar-refractivity contribution is 5.89. The van der Waals surface area contributed by atoms with Gasteiger partial charge in [-0.1, -0.05) is 19.1 Å². The number of amides is 1. The Morgan fingerprint density at radius 1 is 1.33 bits per heavy atom. The molecule has 0 spiro atoms. The lowest BCUT2D eigenvalue weighted by atomic mass is 9.78. The lowest BCUT2D eigenvalue weighted by Gasteiger charge is -2.30. The molecular weight excluding hydrogens is 238 g/mol. The predicted molar refractivity (Wildman–Crippen MR) is 62.9 cm³/mol. The molecule has 1 unspecified atom stereocenters. The minimum absolute atomic E-state index is 0.402. The van der Waals surface area contributed by atoms with Crippen molar-refractivity contribution in [1.29, 1.82) is 0 Å². The Hall–Kier alpha value is -1.85. The van der Waals surface area contributed by atoms with E-state index >= 15 is 0 Å². The van der Waals surface area contributed by atoms with Crippen molar-refractivity contribution in [2.24, 2.45) is 5.41 Å². The van der Waals surface area contributed by atoms with E-state index in [0.717, 1.165) is 6.42 Å². The topological polar surface area (TPSA) is 104 Å². The smallest absolute Gasteiger partial charge is 0.326 e. The summed E-state index contributed by atoms with van der Waals surface area (Å²) in [6.07, 6.45) is 5.18. The van der Waals surface area contributed by atoms with Gasteiger partial charge in [-0.2, -0.15) is 0 Å². The van der Waals surface area contributed by atoms with Crippen molar-refractivity contribution in [2.45, 2.75) is 38.6 Å². The third-order valence-corrected chi connectivity index (χ3v) is 3.13. The van der Waals surface area contributed by atoms with Crippen LogP contribution in [0, 0.1) is 5.41 Å². The molecule has 0 radical (unpaired) electrons. The molecule has 0 saturated carbocycles. The SMILES string of the molecule is CC1(C(=O)N[C@@H](CC(=O)O)C(=O)O)CC=CCC1. The van der Waals surface area contributed by atoms with E-state index in [4.69, 9.17) is 10.2 Å². The molecule has 18 heavy (non-hydrogen) atoms. The van der Waals surface area contributed by atoms with Crippen molar-refractivity contribution in [2.75, 3.05) is 0 Å². The molecule has 6 nitrogen and oxygen atoms in total. The van der Waals surface area contributed by atoms with Crippen LogP contribution in [0.2, 0.25) is 0 Å². The van der Waals surface area contributed by atoms with E-state index in [9.17, 15) is 14.4 Å². The highest BCUT2D eigenvalue weighted by Gasteiger charge is 2.35. The van der Waals surface area contributed by atoms with Crippen molar-refractivity contribution < 1.29 is 24.6 Å². The maximum absolute atomic E-state index is 12.0. The summed E-state index contributed by atoms with van der Waals surface area (Å²) < 4.78 is 0. The molecular formula is C12H17NO5. The Kier molecular flexibility index (Phi) is 4.47. The fraction of sp³-hybridized carbons (Fsp3) is 0.583. The highest BCUT2D eigenvalue weighted by Crippen LogP contribution is 2.32. The van der Waals surface area contributed by atoms with Crippen LogP contribution in [0.1, 0.15) is 32.6 Å². The Morgan fingerprint density at radius 2 is 2.00 bits per heavy atom. The number of aliphatic carboxylic acids is 2. The number of carboxylic acids is 2. The van der Waals surface area contributed by atoms with Crippen LogP contribution in [0.25, 0.3) is 0 Å². The molecule has 0 aromatic heterocycles. The van der Waals surface area contributed by atoms with Gasteiger partial charge in [0.25, 0.3) is 0 Å². The van der Waals surface area contributed by atoms with Gasteiger partial charge >= 0.3 is 11.9 Å².